The molecule has 1 aliphatic rings. The van der Waals surface area contributed by atoms with Crippen molar-refractivity contribution in [3.8, 4) is 0 Å². The Balaban J connectivity index is 2.51. The van der Waals surface area contributed by atoms with Gasteiger partial charge in [-0.2, -0.15) is 0 Å². The van der Waals surface area contributed by atoms with Crippen LogP contribution in [0.5, 0.6) is 0 Å². The minimum absolute atomic E-state index is 0.0430. The molecule has 0 unspecified atom stereocenters. The van der Waals surface area contributed by atoms with Crippen LogP contribution in [0.2, 0.25) is 0 Å². The van der Waals surface area contributed by atoms with Crippen molar-refractivity contribution in [3.63, 3.8) is 0 Å². The van der Waals surface area contributed by atoms with Crippen molar-refractivity contribution in [2.24, 2.45) is 5.73 Å². The first-order chi connectivity index (χ1) is 6.53. The third-order valence-electron chi connectivity index (χ3n) is 3.27. The lowest BCUT2D eigenvalue weighted by Gasteiger charge is -2.40. The Morgan fingerprint density at radius 3 is 2.43 bits per heavy atom. The third-order valence-corrected chi connectivity index (χ3v) is 4.09. The maximum atomic E-state index is 6.34. The second-order valence-corrected chi connectivity index (χ2v) is 5.28. The van der Waals surface area contributed by atoms with Crippen molar-refractivity contribution in [3.05, 3.63) is 33.3 Å². The predicted molar refractivity (Wildman–Crippen MR) is 63.3 cm³/mol. The van der Waals surface area contributed by atoms with E-state index in [0.717, 1.165) is 12.8 Å². The van der Waals surface area contributed by atoms with Crippen LogP contribution in [0.1, 0.15) is 36.0 Å². The maximum absolute atomic E-state index is 6.34. The van der Waals surface area contributed by atoms with E-state index in [0.29, 0.717) is 0 Å². The van der Waals surface area contributed by atoms with Gasteiger partial charge in [-0.15, -0.1) is 0 Å². The largest absolute Gasteiger partial charge is 0.321 e. The maximum Gasteiger partial charge on any atom is 0.0412 e. The van der Waals surface area contributed by atoms with E-state index in [1.54, 1.807) is 0 Å². The summed E-state index contributed by atoms with van der Waals surface area (Å²) in [5.41, 5.74) is 10.2. The monoisotopic (exact) mass is 253 g/mol. The van der Waals surface area contributed by atoms with Crippen molar-refractivity contribution in [2.75, 3.05) is 0 Å². The van der Waals surface area contributed by atoms with Crippen LogP contribution in [0.15, 0.2) is 16.6 Å². The number of hydrogen-bond acceptors (Lipinski definition) is 1. The van der Waals surface area contributed by atoms with E-state index < -0.39 is 0 Å². The molecule has 0 aromatic heterocycles. The molecule has 0 aliphatic heterocycles. The summed E-state index contributed by atoms with van der Waals surface area (Å²) in [7, 11) is 0. The summed E-state index contributed by atoms with van der Waals surface area (Å²) < 4.78 is 1.18. The first kappa shape index (κ1) is 10.2. The molecule has 76 valence electrons. The average molecular weight is 254 g/mol. The number of halogens is 1. The van der Waals surface area contributed by atoms with E-state index in [1.165, 1.54) is 27.6 Å². The summed E-state index contributed by atoms with van der Waals surface area (Å²) in [4.78, 5) is 0. The summed E-state index contributed by atoms with van der Waals surface area (Å²) in [5.74, 6) is 0. The predicted octanol–water partition coefficient (Wildman–Crippen LogP) is 3.40. The van der Waals surface area contributed by atoms with Crippen LogP contribution in [0.25, 0.3) is 0 Å². The number of rotatable bonds is 1. The fourth-order valence-corrected chi connectivity index (χ4v) is 2.73. The molecule has 2 N–H and O–H groups in total. The van der Waals surface area contributed by atoms with Gasteiger partial charge in [-0.25, -0.2) is 0 Å². The van der Waals surface area contributed by atoms with Gasteiger partial charge >= 0.3 is 0 Å². The minimum atomic E-state index is -0.0430. The fraction of sp³-hybridized carbons (Fsp3) is 0.500. The van der Waals surface area contributed by atoms with Crippen molar-refractivity contribution in [2.45, 2.75) is 38.6 Å². The standard InChI is InChI=1S/C12H16BrN/c1-8-6-10(9(2)11(13)7-8)12(14)4-3-5-12/h6-7H,3-5,14H2,1-2H3. The molecule has 1 aromatic carbocycles. The molecule has 1 nitrogen and oxygen atoms in total. The Hall–Kier alpha value is -0.340. The molecule has 0 spiro atoms. The molecule has 0 amide bonds. The molecule has 1 saturated carbocycles. The van der Waals surface area contributed by atoms with Crippen LogP contribution < -0.4 is 5.73 Å². The topological polar surface area (TPSA) is 26.0 Å². The highest BCUT2D eigenvalue weighted by molar-refractivity contribution is 9.10. The first-order valence-corrected chi connectivity index (χ1v) is 5.88. The Labute approximate surface area is 93.8 Å². The van der Waals surface area contributed by atoms with Crippen molar-refractivity contribution >= 4 is 15.9 Å². The second kappa shape index (κ2) is 3.35. The number of nitrogens with two attached hydrogens (primary N) is 1. The van der Waals surface area contributed by atoms with E-state index in [9.17, 15) is 0 Å². The molecule has 0 atom stereocenters. The van der Waals surface area contributed by atoms with Gasteiger partial charge in [0.25, 0.3) is 0 Å². The van der Waals surface area contributed by atoms with E-state index in [-0.39, 0.29) is 5.54 Å². The zero-order valence-corrected chi connectivity index (χ0v) is 10.3. The van der Waals surface area contributed by atoms with E-state index >= 15 is 0 Å². The van der Waals surface area contributed by atoms with E-state index in [4.69, 9.17) is 5.73 Å². The van der Waals surface area contributed by atoms with Gasteiger partial charge in [0, 0.05) is 10.0 Å². The Kier molecular flexibility index (Phi) is 2.44. The molecular weight excluding hydrogens is 238 g/mol. The molecular formula is C12H16BrN. The van der Waals surface area contributed by atoms with Crippen molar-refractivity contribution in [1.82, 2.24) is 0 Å². The van der Waals surface area contributed by atoms with Gasteiger partial charge in [-0.1, -0.05) is 22.0 Å². The number of aryl methyl sites for hydroxylation is 1. The smallest absolute Gasteiger partial charge is 0.0412 e. The zero-order valence-electron chi connectivity index (χ0n) is 8.73. The lowest BCUT2D eigenvalue weighted by molar-refractivity contribution is 0.252. The highest BCUT2D eigenvalue weighted by Gasteiger charge is 2.35. The molecule has 0 saturated heterocycles. The molecule has 2 heteroatoms. The van der Waals surface area contributed by atoms with Gasteiger partial charge in [0.05, 0.1) is 0 Å². The van der Waals surface area contributed by atoms with Gasteiger partial charge in [0.15, 0.2) is 0 Å². The molecule has 1 aromatic rings. The highest BCUT2D eigenvalue weighted by atomic mass is 79.9. The van der Waals surface area contributed by atoms with Crippen LogP contribution in [-0.2, 0) is 5.54 Å². The molecule has 1 aliphatic carbocycles. The molecule has 2 rings (SSSR count). The van der Waals surface area contributed by atoms with Crippen LogP contribution in [0.4, 0.5) is 0 Å². The van der Waals surface area contributed by atoms with Gasteiger partial charge in [-0.3, -0.25) is 0 Å². The van der Waals surface area contributed by atoms with Crippen LogP contribution >= 0.6 is 15.9 Å². The zero-order chi connectivity index (χ0) is 10.3. The van der Waals surface area contributed by atoms with E-state index in [2.05, 4.69) is 41.9 Å². The molecule has 1 fully saturated rings. The molecule has 0 radical (unpaired) electrons. The van der Waals surface area contributed by atoms with Crippen molar-refractivity contribution in [1.29, 1.82) is 0 Å². The SMILES string of the molecule is Cc1cc(Br)c(C)c(C2(N)CCC2)c1. The summed E-state index contributed by atoms with van der Waals surface area (Å²) >= 11 is 3.59. The number of benzene rings is 1. The lowest BCUT2D eigenvalue weighted by atomic mass is 9.71. The average Bonchev–Trinajstić information content (AvgIpc) is 2.07. The summed E-state index contributed by atoms with van der Waals surface area (Å²) in [6.07, 6.45) is 3.52. The van der Waals surface area contributed by atoms with Crippen LogP contribution in [0.3, 0.4) is 0 Å². The molecule has 14 heavy (non-hydrogen) atoms. The van der Waals surface area contributed by atoms with Gasteiger partial charge < -0.3 is 5.73 Å². The first-order valence-electron chi connectivity index (χ1n) is 5.09. The summed E-state index contributed by atoms with van der Waals surface area (Å²) in [6, 6.07) is 4.39. The highest BCUT2D eigenvalue weighted by Crippen LogP contribution is 2.41. The number of hydrogen-bond donors (Lipinski definition) is 1. The summed E-state index contributed by atoms with van der Waals surface area (Å²) in [5, 5.41) is 0. The fourth-order valence-electron chi connectivity index (χ4n) is 2.16. The molecule has 0 heterocycles. The van der Waals surface area contributed by atoms with Gasteiger partial charge in [0.2, 0.25) is 0 Å². The van der Waals surface area contributed by atoms with E-state index in [1.807, 2.05) is 0 Å². The second-order valence-electron chi connectivity index (χ2n) is 4.43. The summed E-state index contributed by atoms with van der Waals surface area (Å²) in [6.45, 7) is 4.27. The lowest BCUT2D eigenvalue weighted by Crippen LogP contribution is -2.43. The quantitative estimate of drug-likeness (QED) is 0.816. The van der Waals surface area contributed by atoms with Crippen molar-refractivity contribution < 1.29 is 0 Å². The Morgan fingerprint density at radius 1 is 1.29 bits per heavy atom. The minimum Gasteiger partial charge on any atom is -0.321 e. The Bertz CT molecular complexity index is 367. The molecule has 0 bridgehead atoms. The normalized spacial score (nSPS) is 19.1. The third kappa shape index (κ3) is 1.51. The van der Waals surface area contributed by atoms with Gasteiger partial charge in [0.1, 0.15) is 0 Å². The van der Waals surface area contributed by atoms with Crippen LogP contribution in [-0.4, -0.2) is 0 Å². The van der Waals surface area contributed by atoms with Gasteiger partial charge in [-0.05, 0) is 55.9 Å². The van der Waals surface area contributed by atoms with Crippen LogP contribution in [0, 0.1) is 13.8 Å². The Morgan fingerprint density at radius 2 is 1.93 bits per heavy atom.